The van der Waals surface area contributed by atoms with E-state index in [0.29, 0.717) is 25.1 Å². The van der Waals surface area contributed by atoms with Gasteiger partial charge in [-0.3, -0.25) is 4.79 Å². The molecule has 2 amide bonds. The number of amides is 2. The molecule has 1 aromatic rings. The Labute approximate surface area is 149 Å². The summed E-state index contributed by atoms with van der Waals surface area (Å²) < 4.78 is 19.7. The Morgan fingerprint density at radius 1 is 1.42 bits per heavy atom. The number of carbonyl (C=O) groups excluding carboxylic acids is 2. The summed E-state index contributed by atoms with van der Waals surface area (Å²) in [6, 6.07) is 4.37. The number of hydrogen-bond acceptors (Lipinski definition) is 3. The van der Waals surface area contributed by atoms with E-state index in [9.17, 15) is 14.0 Å². The van der Waals surface area contributed by atoms with Crippen LogP contribution in [-0.4, -0.2) is 41.6 Å². The zero-order valence-corrected chi connectivity index (χ0v) is 15.7. The summed E-state index contributed by atoms with van der Waals surface area (Å²) in [5.74, 6) is -0.668. The first kappa shape index (κ1) is 18.7. The maximum atomic E-state index is 13.7. The fourth-order valence-corrected chi connectivity index (χ4v) is 2.91. The summed E-state index contributed by atoms with van der Waals surface area (Å²) in [5.41, 5.74) is -0.208. The van der Waals surface area contributed by atoms with Gasteiger partial charge in [0.2, 0.25) is 5.91 Å². The van der Waals surface area contributed by atoms with E-state index in [1.165, 1.54) is 6.07 Å². The summed E-state index contributed by atoms with van der Waals surface area (Å²) >= 11 is 3.27. The van der Waals surface area contributed by atoms with Gasteiger partial charge < -0.3 is 15.0 Å². The van der Waals surface area contributed by atoms with Gasteiger partial charge in [-0.1, -0.05) is 15.9 Å². The molecule has 24 heavy (non-hydrogen) atoms. The van der Waals surface area contributed by atoms with Crippen LogP contribution in [-0.2, 0) is 16.0 Å². The van der Waals surface area contributed by atoms with Crippen molar-refractivity contribution in [3.63, 3.8) is 0 Å². The van der Waals surface area contributed by atoms with Gasteiger partial charge in [0.15, 0.2) is 0 Å². The van der Waals surface area contributed by atoms with Crippen molar-refractivity contribution in [2.24, 2.45) is 0 Å². The van der Waals surface area contributed by atoms with Gasteiger partial charge in [0.25, 0.3) is 0 Å². The van der Waals surface area contributed by atoms with Crippen molar-refractivity contribution in [1.29, 1.82) is 0 Å². The molecular formula is C17H22BrFN2O3. The highest BCUT2D eigenvalue weighted by Crippen LogP contribution is 2.17. The molecule has 7 heteroatoms. The molecule has 1 N–H and O–H groups in total. The Bertz CT molecular complexity index is 631. The van der Waals surface area contributed by atoms with E-state index in [0.717, 1.165) is 4.47 Å². The van der Waals surface area contributed by atoms with Crippen LogP contribution < -0.4 is 5.32 Å². The van der Waals surface area contributed by atoms with Crippen LogP contribution in [0.4, 0.5) is 9.18 Å². The fourth-order valence-electron chi connectivity index (χ4n) is 2.50. The molecule has 0 spiro atoms. The second-order valence-corrected chi connectivity index (χ2v) is 7.81. The van der Waals surface area contributed by atoms with E-state index in [-0.39, 0.29) is 24.5 Å². The van der Waals surface area contributed by atoms with Crippen LogP contribution in [0.3, 0.4) is 0 Å². The van der Waals surface area contributed by atoms with Crippen LogP contribution in [0.15, 0.2) is 22.7 Å². The van der Waals surface area contributed by atoms with E-state index >= 15 is 0 Å². The first-order valence-electron chi connectivity index (χ1n) is 7.85. The van der Waals surface area contributed by atoms with E-state index in [2.05, 4.69) is 21.2 Å². The molecule has 1 atom stereocenters. The zero-order chi connectivity index (χ0) is 17.9. The molecule has 0 radical (unpaired) electrons. The Morgan fingerprint density at radius 2 is 2.12 bits per heavy atom. The summed E-state index contributed by atoms with van der Waals surface area (Å²) in [7, 11) is 0. The molecule has 1 aromatic carbocycles. The van der Waals surface area contributed by atoms with Crippen molar-refractivity contribution in [3.05, 3.63) is 34.1 Å². The van der Waals surface area contributed by atoms with Crippen LogP contribution in [0.2, 0.25) is 0 Å². The first-order chi connectivity index (χ1) is 11.1. The smallest absolute Gasteiger partial charge is 0.410 e. The molecule has 0 aliphatic carbocycles. The lowest BCUT2D eigenvalue weighted by Gasteiger charge is -2.24. The van der Waals surface area contributed by atoms with Crippen LogP contribution in [0.5, 0.6) is 0 Å². The minimum Gasteiger partial charge on any atom is -0.444 e. The lowest BCUT2D eigenvalue weighted by molar-refractivity contribution is -0.121. The molecule has 0 aromatic heterocycles. The van der Waals surface area contributed by atoms with Crippen LogP contribution in [0.25, 0.3) is 0 Å². The molecule has 0 saturated carbocycles. The van der Waals surface area contributed by atoms with Gasteiger partial charge in [-0.2, -0.15) is 0 Å². The average Bonchev–Trinajstić information content (AvgIpc) is 2.89. The highest BCUT2D eigenvalue weighted by molar-refractivity contribution is 9.10. The quantitative estimate of drug-likeness (QED) is 0.846. The molecule has 2 rings (SSSR count). The number of halogens is 2. The second-order valence-electron chi connectivity index (χ2n) is 6.89. The Hall–Kier alpha value is -1.63. The normalized spacial score (nSPS) is 17.7. The lowest BCUT2D eigenvalue weighted by Crippen LogP contribution is -2.40. The first-order valence-corrected chi connectivity index (χ1v) is 8.64. The third kappa shape index (κ3) is 5.47. The molecule has 1 unspecified atom stereocenters. The topological polar surface area (TPSA) is 58.6 Å². The van der Waals surface area contributed by atoms with Crippen molar-refractivity contribution < 1.29 is 18.7 Å². The molecule has 1 saturated heterocycles. The third-order valence-electron chi connectivity index (χ3n) is 3.56. The number of nitrogens with one attached hydrogen (secondary N) is 1. The van der Waals surface area contributed by atoms with E-state index in [4.69, 9.17) is 4.74 Å². The molecular weight excluding hydrogens is 379 g/mol. The molecule has 1 aliphatic rings. The summed E-state index contributed by atoms with van der Waals surface area (Å²) in [5, 5.41) is 2.85. The second kappa shape index (κ2) is 7.51. The van der Waals surface area contributed by atoms with Crippen LogP contribution >= 0.6 is 15.9 Å². The van der Waals surface area contributed by atoms with Gasteiger partial charge in [-0.05, 0) is 51.0 Å². The van der Waals surface area contributed by atoms with Crippen molar-refractivity contribution in [1.82, 2.24) is 10.2 Å². The minimum atomic E-state index is -0.545. The Kier molecular flexibility index (Phi) is 5.85. The van der Waals surface area contributed by atoms with Gasteiger partial charge in [0, 0.05) is 23.6 Å². The lowest BCUT2D eigenvalue weighted by atomic mass is 10.1. The number of benzene rings is 1. The maximum Gasteiger partial charge on any atom is 0.410 e. The van der Waals surface area contributed by atoms with Crippen LogP contribution in [0.1, 0.15) is 32.8 Å². The van der Waals surface area contributed by atoms with Crippen LogP contribution in [0, 0.1) is 5.82 Å². The third-order valence-corrected chi connectivity index (χ3v) is 4.06. The number of rotatable bonds is 3. The Balaban J connectivity index is 1.85. The number of ether oxygens (including phenoxy) is 1. The molecule has 0 bridgehead atoms. The molecule has 132 valence electrons. The fraction of sp³-hybridized carbons (Fsp3) is 0.529. The molecule has 1 aliphatic heterocycles. The summed E-state index contributed by atoms with van der Waals surface area (Å²) in [6.45, 7) is 6.37. The largest absolute Gasteiger partial charge is 0.444 e. The average molecular weight is 401 g/mol. The zero-order valence-electron chi connectivity index (χ0n) is 14.1. The monoisotopic (exact) mass is 400 g/mol. The van der Waals surface area contributed by atoms with Gasteiger partial charge in [-0.15, -0.1) is 0 Å². The van der Waals surface area contributed by atoms with Crippen molar-refractivity contribution in [2.45, 2.75) is 45.3 Å². The summed E-state index contributed by atoms with van der Waals surface area (Å²) in [6.07, 6.45) is 0.248. The molecule has 1 fully saturated rings. The summed E-state index contributed by atoms with van der Waals surface area (Å²) in [4.78, 5) is 25.7. The van der Waals surface area contributed by atoms with Gasteiger partial charge in [0.1, 0.15) is 11.4 Å². The van der Waals surface area contributed by atoms with Crippen molar-refractivity contribution in [3.8, 4) is 0 Å². The number of likely N-dealkylation sites (tertiary alicyclic amines) is 1. The predicted molar refractivity (Wildman–Crippen MR) is 92.2 cm³/mol. The van der Waals surface area contributed by atoms with Gasteiger partial charge in [0.05, 0.1) is 6.42 Å². The highest BCUT2D eigenvalue weighted by Gasteiger charge is 2.30. The standard InChI is InChI=1S/C17H22BrFN2O3/c1-17(2,3)24-16(23)21-7-6-13(10-21)20-15(22)9-11-8-12(18)4-5-14(11)19/h4-5,8,13H,6-7,9-10H2,1-3H3,(H,20,22). The van der Waals surface area contributed by atoms with E-state index in [1.807, 2.05) is 20.8 Å². The molecule has 1 heterocycles. The Morgan fingerprint density at radius 3 is 2.79 bits per heavy atom. The van der Waals surface area contributed by atoms with Gasteiger partial charge >= 0.3 is 6.09 Å². The minimum absolute atomic E-state index is 0.0335. The predicted octanol–water partition coefficient (Wildman–Crippen LogP) is 3.26. The van der Waals surface area contributed by atoms with Crippen molar-refractivity contribution >= 4 is 27.9 Å². The SMILES string of the molecule is CC(C)(C)OC(=O)N1CCC(NC(=O)Cc2cc(Br)ccc2F)C1. The van der Waals surface area contributed by atoms with Gasteiger partial charge in [-0.25, -0.2) is 9.18 Å². The van der Waals surface area contributed by atoms with E-state index < -0.39 is 11.4 Å². The highest BCUT2D eigenvalue weighted by atomic mass is 79.9. The van der Waals surface area contributed by atoms with E-state index in [1.54, 1.807) is 17.0 Å². The number of carbonyl (C=O) groups is 2. The van der Waals surface area contributed by atoms with Crippen molar-refractivity contribution in [2.75, 3.05) is 13.1 Å². The maximum absolute atomic E-state index is 13.7. The number of nitrogens with zero attached hydrogens (tertiary/aromatic N) is 1. The molecule has 5 nitrogen and oxygen atoms in total. The number of hydrogen-bond donors (Lipinski definition) is 1.